The molecule has 0 amide bonds. The molecule has 0 aliphatic heterocycles. The molecule has 0 saturated carbocycles. The predicted molar refractivity (Wildman–Crippen MR) is 88.8 cm³/mol. The Bertz CT molecular complexity index is 440. The minimum Gasteiger partial charge on any atom is -0.492 e. The molecule has 2 aromatic rings. The van der Waals surface area contributed by atoms with Gasteiger partial charge in [-0.25, -0.2) is 0 Å². The van der Waals surface area contributed by atoms with Crippen LogP contribution >= 0.6 is 0 Å². The highest BCUT2D eigenvalue weighted by Gasteiger charge is 2.09. The van der Waals surface area contributed by atoms with E-state index in [4.69, 9.17) is 4.74 Å². The van der Waals surface area contributed by atoms with E-state index in [1.165, 1.54) is 5.56 Å². The topological polar surface area (TPSA) is 21.3 Å². The second-order valence-corrected chi connectivity index (χ2v) is 5.30. The maximum Gasteiger partial charge on any atom is 0.119 e. The molecule has 1 atom stereocenters. The molecule has 2 aromatic carbocycles. The lowest BCUT2D eigenvalue weighted by Crippen LogP contribution is -2.35. The van der Waals surface area contributed by atoms with Crippen LogP contribution in [0.15, 0.2) is 60.7 Å². The summed E-state index contributed by atoms with van der Waals surface area (Å²) >= 11 is 0. The summed E-state index contributed by atoms with van der Waals surface area (Å²) in [7, 11) is 0. The average Bonchev–Trinajstić information content (AvgIpc) is 2.56. The molecule has 0 fully saturated rings. The Kier molecular flexibility index (Phi) is 6.82. The Hall–Kier alpha value is -1.80. The molecule has 2 nitrogen and oxygen atoms in total. The van der Waals surface area contributed by atoms with E-state index >= 15 is 0 Å². The van der Waals surface area contributed by atoms with Gasteiger partial charge < -0.3 is 10.1 Å². The maximum absolute atomic E-state index is 5.89. The third-order valence-electron chi connectivity index (χ3n) is 3.50. The van der Waals surface area contributed by atoms with E-state index in [0.717, 1.165) is 38.2 Å². The smallest absolute Gasteiger partial charge is 0.119 e. The minimum atomic E-state index is 0.394. The molecular formula is C19H25NO. The fraction of sp³-hybridized carbons (Fsp3) is 0.368. The van der Waals surface area contributed by atoms with Crippen molar-refractivity contribution >= 4 is 0 Å². The molecule has 0 heterocycles. The van der Waals surface area contributed by atoms with Gasteiger partial charge in [0.2, 0.25) is 0 Å². The van der Waals surface area contributed by atoms with Gasteiger partial charge in [0, 0.05) is 6.04 Å². The number of para-hydroxylation sites is 1. The van der Waals surface area contributed by atoms with Crippen LogP contribution in [-0.4, -0.2) is 19.2 Å². The van der Waals surface area contributed by atoms with E-state index in [-0.39, 0.29) is 0 Å². The Morgan fingerprint density at radius 1 is 0.952 bits per heavy atom. The molecule has 112 valence electrons. The maximum atomic E-state index is 5.89. The molecule has 0 aliphatic rings. The van der Waals surface area contributed by atoms with Gasteiger partial charge in [-0.15, -0.1) is 0 Å². The summed E-state index contributed by atoms with van der Waals surface area (Å²) in [6, 6.07) is 21.1. The zero-order valence-electron chi connectivity index (χ0n) is 12.8. The third-order valence-corrected chi connectivity index (χ3v) is 3.50. The standard InChI is InChI=1S/C19H25NO/c1-2-15-20-18(14-13-17-9-5-3-6-10-17)16-21-19-11-7-4-8-12-19/h3-12,18,20H,2,13-16H2,1H3. The SMILES string of the molecule is CCCNC(CCc1ccccc1)COc1ccccc1. The van der Waals surface area contributed by atoms with E-state index in [0.29, 0.717) is 6.04 Å². The first-order valence-corrected chi connectivity index (χ1v) is 7.83. The van der Waals surface area contributed by atoms with Crippen molar-refractivity contribution in [1.29, 1.82) is 0 Å². The Labute approximate surface area is 128 Å². The van der Waals surface area contributed by atoms with Crippen LogP contribution in [0.3, 0.4) is 0 Å². The molecule has 1 N–H and O–H groups in total. The summed E-state index contributed by atoms with van der Waals surface area (Å²) in [5, 5.41) is 3.58. The van der Waals surface area contributed by atoms with E-state index < -0.39 is 0 Å². The van der Waals surface area contributed by atoms with Crippen LogP contribution < -0.4 is 10.1 Å². The highest BCUT2D eigenvalue weighted by molar-refractivity contribution is 5.21. The van der Waals surface area contributed by atoms with Crippen molar-refractivity contribution < 1.29 is 4.74 Å². The van der Waals surface area contributed by atoms with Gasteiger partial charge in [-0.3, -0.25) is 0 Å². The lowest BCUT2D eigenvalue weighted by molar-refractivity contribution is 0.257. The molecule has 1 unspecified atom stereocenters. The molecule has 0 saturated heterocycles. The molecule has 0 spiro atoms. The van der Waals surface area contributed by atoms with Crippen LogP contribution in [0, 0.1) is 0 Å². The molecule has 2 heteroatoms. The van der Waals surface area contributed by atoms with Crippen LogP contribution in [0.4, 0.5) is 0 Å². The van der Waals surface area contributed by atoms with Gasteiger partial charge in [0.15, 0.2) is 0 Å². The number of rotatable bonds is 9. The number of ether oxygens (including phenoxy) is 1. The monoisotopic (exact) mass is 283 g/mol. The Morgan fingerprint density at radius 2 is 1.62 bits per heavy atom. The fourth-order valence-electron chi connectivity index (χ4n) is 2.29. The molecule has 0 radical (unpaired) electrons. The van der Waals surface area contributed by atoms with Crippen LogP contribution in [0.2, 0.25) is 0 Å². The highest BCUT2D eigenvalue weighted by Crippen LogP contribution is 2.11. The number of nitrogens with one attached hydrogen (secondary N) is 1. The van der Waals surface area contributed by atoms with Gasteiger partial charge in [-0.1, -0.05) is 55.5 Å². The van der Waals surface area contributed by atoms with Crippen molar-refractivity contribution in [3.8, 4) is 5.75 Å². The molecular weight excluding hydrogens is 258 g/mol. The summed E-state index contributed by atoms with van der Waals surface area (Å²) in [6.45, 7) is 3.95. The second kappa shape index (κ2) is 9.19. The first-order valence-electron chi connectivity index (χ1n) is 7.83. The minimum absolute atomic E-state index is 0.394. The molecule has 2 rings (SSSR count). The van der Waals surface area contributed by atoms with Gasteiger partial charge >= 0.3 is 0 Å². The second-order valence-electron chi connectivity index (χ2n) is 5.30. The van der Waals surface area contributed by atoms with Crippen LogP contribution in [0.1, 0.15) is 25.3 Å². The van der Waals surface area contributed by atoms with E-state index in [1.54, 1.807) is 0 Å². The lowest BCUT2D eigenvalue weighted by atomic mass is 10.1. The fourth-order valence-corrected chi connectivity index (χ4v) is 2.29. The lowest BCUT2D eigenvalue weighted by Gasteiger charge is -2.19. The summed E-state index contributed by atoms with van der Waals surface area (Å²) in [5.74, 6) is 0.945. The van der Waals surface area contributed by atoms with Crippen molar-refractivity contribution in [2.24, 2.45) is 0 Å². The zero-order valence-corrected chi connectivity index (χ0v) is 12.8. The van der Waals surface area contributed by atoms with Crippen LogP contribution in [0.5, 0.6) is 5.75 Å². The third kappa shape index (κ3) is 6.01. The summed E-state index contributed by atoms with van der Waals surface area (Å²) in [4.78, 5) is 0. The van der Waals surface area contributed by atoms with Gasteiger partial charge in [-0.2, -0.15) is 0 Å². The number of benzene rings is 2. The number of aryl methyl sites for hydroxylation is 1. The van der Waals surface area contributed by atoms with E-state index in [1.807, 2.05) is 30.3 Å². The van der Waals surface area contributed by atoms with Gasteiger partial charge in [0.25, 0.3) is 0 Å². The predicted octanol–water partition coefficient (Wildman–Crippen LogP) is 4.07. The van der Waals surface area contributed by atoms with E-state index in [9.17, 15) is 0 Å². The van der Waals surface area contributed by atoms with Crippen molar-refractivity contribution in [3.63, 3.8) is 0 Å². The summed E-state index contributed by atoms with van der Waals surface area (Å²) in [5.41, 5.74) is 1.39. The van der Waals surface area contributed by atoms with Crippen molar-refractivity contribution in [3.05, 3.63) is 66.2 Å². The van der Waals surface area contributed by atoms with Gasteiger partial charge in [0.05, 0.1) is 0 Å². The number of hydrogen-bond acceptors (Lipinski definition) is 2. The molecule has 0 bridgehead atoms. The van der Waals surface area contributed by atoms with Gasteiger partial charge in [-0.05, 0) is 43.5 Å². The van der Waals surface area contributed by atoms with Crippen molar-refractivity contribution in [2.45, 2.75) is 32.2 Å². The largest absolute Gasteiger partial charge is 0.492 e. The van der Waals surface area contributed by atoms with Crippen LogP contribution in [-0.2, 0) is 6.42 Å². The summed E-state index contributed by atoms with van der Waals surface area (Å²) in [6.07, 6.45) is 3.32. The molecule has 21 heavy (non-hydrogen) atoms. The highest BCUT2D eigenvalue weighted by atomic mass is 16.5. The Morgan fingerprint density at radius 3 is 2.29 bits per heavy atom. The van der Waals surface area contributed by atoms with E-state index in [2.05, 4.69) is 42.6 Å². The normalized spacial score (nSPS) is 12.0. The Balaban J connectivity index is 1.82. The van der Waals surface area contributed by atoms with Crippen LogP contribution in [0.25, 0.3) is 0 Å². The van der Waals surface area contributed by atoms with Crippen molar-refractivity contribution in [2.75, 3.05) is 13.2 Å². The summed E-state index contributed by atoms with van der Waals surface area (Å²) < 4.78 is 5.89. The van der Waals surface area contributed by atoms with Gasteiger partial charge in [0.1, 0.15) is 12.4 Å². The quantitative estimate of drug-likeness (QED) is 0.749. The number of hydrogen-bond donors (Lipinski definition) is 1. The van der Waals surface area contributed by atoms with Crippen molar-refractivity contribution in [1.82, 2.24) is 5.32 Å². The zero-order chi connectivity index (χ0) is 14.8. The first kappa shape index (κ1) is 15.6. The first-order chi connectivity index (χ1) is 10.4. The molecule has 0 aromatic heterocycles. The molecule has 0 aliphatic carbocycles. The average molecular weight is 283 g/mol.